The summed E-state index contributed by atoms with van der Waals surface area (Å²) in [4.78, 5) is 11.9. The van der Waals surface area contributed by atoms with Crippen LogP contribution in [0.15, 0.2) is 0 Å². The molecule has 0 radical (unpaired) electrons. The van der Waals surface area contributed by atoms with Crippen molar-refractivity contribution in [3.63, 3.8) is 0 Å². The van der Waals surface area contributed by atoms with Crippen molar-refractivity contribution in [3.05, 3.63) is 0 Å². The van der Waals surface area contributed by atoms with Crippen molar-refractivity contribution in [2.75, 3.05) is 0 Å². The summed E-state index contributed by atoms with van der Waals surface area (Å²) in [6.45, 7) is 14.6. The zero-order valence-corrected chi connectivity index (χ0v) is 14.7. The minimum absolute atomic E-state index is 0.0836. The van der Waals surface area contributed by atoms with Crippen molar-refractivity contribution in [1.82, 2.24) is 0 Å². The lowest BCUT2D eigenvalue weighted by Gasteiger charge is -2.39. The molecule has 0 aliphatic rings. The number of carbonyl (C=O) groups is 1. The number of carbonyl (C=O) groups excluding carboxylic acids is 1. The molecule has 0 unspecified atom stereocenters. The maximum absolute atomic E-state index is 11.9. The number of Topliss-reactive ketones (excluding diaryl/α,β-unsaturated/α-hetero) is 1. The molecule has 0 aromatic carbocycles. The Morgan fingerprint density at radius 3 is 2.21 bits per heavy atom. The minimum atomic E-state index is -1.93. The van der Waals surface area contributed by atoms with E-state index in [0.29, 0.717) is 6.42 Å². The van der Waals surface area contributed by atoms with E-state index in [9.17, 15) is 9.90 Å². The molecule has 0 aliphatic heterocycles. The van der Waals surface area contributed by atoms with Gasteiger partial charge in [-0.25, -0.2) is 0 Å². The van der Waals surface area contributed by atoms with Gasteiger partial charge >= 0.3 is 0 Å². The molecule has 0 amide bonds. The van der Waals surface area contributed by atoms with Crippen LogP contribution in [0.2, 0.25) is 18.1 Å². The molecule has 0 bridgehead atoms. The standard InChI is InChI=1S/C15H32O3Si/c1-8-9-10-11-13(16)14(17)12(2)18-19(6,7)15(3,4)5/h12,14,17H,8-11H2,1-7H3/t12-,14-/m0/s1. The maximum Gasteiger partial charge on any atom is 0.192 e. The Morgan fingerprint density at radius 1 is 1.26 bits per heavy atom. The van der Waals surface area contributed by atoms with Crippen molar-refractivity contribution >= 4 is 14.1 Å². The van der Waals surface area contributed by atoms with E-state index >= 15 is 0 Å². The van der Waals surface area contributed by atoms with Crippen molar-refractivity contribution in [2.24, 2.45) is 0 Å². The van der Waals surface area contributed by atoms with E-state index in [1.54, 1.807) is 0 Å². The minimum Gasteiger partial charge on any atom is -0.411 e. The molecule has 114 valence electrons. The van der Waals surface area contributed by atoms with E-state index in [0.717, 1.165) is 19.3 Å². The average molecular weight is 289 g/mol. The normalized spacial score (nSPS) is 16.2. The quantitative estimate of drug-likeness (QED) is 0.544. The number of aliphatic hydroxyl groups excluding tert-OH is 1. The molecule has 0 rings (SSSR count). The topological polar surface area (TPSA) is 46.5 Å². The molecule has 0 saturated carbocycles. The second-order valence-electron chi connectivity index (χ2n) is 6.95. The van der Waals surface area contributed by atoms with Crippen LogP contribution in [0.1, 0.15) is 60.3 Å². The van der Waals surface area contributed by atoms with Gasteiger partial charge in [-0.05, 0) is 31.5 Å². The van der Waals surface area contributed by atoms with Crippen LogP contribution in [-0.4, -0.2) is 31.4 Å². The zero-order chi connectivity index (χ0) is 15.3. The van der Waals surface area contributed by atoms with Gasteiger partial charge in [0.25, 0.3) is 0 Å². The molecular formula is C15H32O3Si. The second-order valence-corrected chi connectivity index (χ2v) is 11.7. The van der Waals surface area contributed by atoms with E-state index < -0.39 is 20.5 Å². The molecule has 0 spiro atoms. The van der Waals surface area contributed by atoms with Gasteiger partial charge in [-0.1, -0.05) is 40.5 Å². The SMILES string of the molecule is CCCCCC(=O)[C@@H](O)[C@H](C)O[Si](C)(C)C(C)(C)C. The number of unbranched alkanes of at least 4 members (excludes halogenated alkanes) is 2. The molecule has 2 atom stereocenters. The molecule has 0 aliphatic carbocycles. The van der Waals surface area contributed by atoms with Gasteiger partial charge in [0.1, 0.15) is 6.10 Å². The Hall–Kier alpha value is -0.193. The smallest absolute Gasteiger partial charge is 0.192 e. The molecule has 19 heavy (non-hydrogen) atoms. The lowest BCUT2D eigenvalue weighted by Crippen LogP contribution is -2.47. The van der Waals surface area contributed by atoms with Gasteiger partial charge in [-0.15, -0.1) is 0 Å². The highest BCUT2D eigenvalue weighted by molar-refractivity contribution is 6.74. The number of rotatable bonds is 8. The molecule has 0 fully saturated rings. The van der Waals surface area contributed by atoms with Crippen LogP contribution in [0, 0.1) is 0 Å². The molecule has 3 nitrogen and oxygen atoms in total. The van der Waals surface area contributed by atoms with Gasteiger partial charge in [0.2, 0.25) is 0 Å². The van der Waals surface area contributed by atoms with E-state index in [-0.39, 0.29) is 10.8 Å². The van der Waals surface area contributed by atoms with Gasteiger partial charge in [0, 0.05) is 6.42 Å². The number of hydrogen-bond donors (Lipinski definition) is 1. The Kier molecular flexibility index (Phi) is 7.48. The zero-order valence-electron chi connectivity index (χ0n) is 13.7. The largest absolute Gasteiger partial charge is 0.411 e. The Balaban J connectivity index is 4.41. The van der Waals surface area contributed by atoms with E-state index in [4.69, 9.17) is 4.43 Å². The monoisotopic (exact) mass is 288 g/mol. The summed E-state index contributed by atoms with van der Waals surface area (Å²) >= 11 is 0. The Labute approximate surface area is 119 Å². The third-order valence-corrected chi connectivity index (χ3v) is 8.66. The van der Waals surface area contributed by atoms with Gasteiger partial charge in [-0.2, -0.15) is 0 Å². The molecule has 0 aromatic rings. The summed E-state index contributed by atoms with van der Waals surface area (Å²) in [6, 6.07) is 0. The predicted octanol–water partition coefficient (Wildman–Crippen LogP) is 3.91. The predicted molar refractivity (Wildman–Crippen MR) is 82.9 cm³/mol. The highest BCUT2D eigenvalue weighted by atomic mass is 28.4. The Bertz CT molecular complexity index is 282. The molecule has 0 aromatic heterocycles. The van der Waals surface area contributed by atoms with Crippen LogP contribution in [0.5, 0.6) is 0 Å². The fourth-order valence-electron chi connectivity index (χ4n) is 1.66. The van der Waals surface area contributed by atoms with E-state index in [1.165, 1.54) is 0 Å². The summed E-state index contributed by atoms with van der Waals surface area (Å²) in [7, 11) is -1.93. The van der Waals surface area contributed by atoms with Gasteiger partial charge in [0.05, 0.1) is 6.10 Å². The molecule has 4 heteroatoms. The first-order valence-electron chi connectivity index (χ1n) is 7.41. The highest BCUT2D eigenvalue weighted by Gasteiger charge is 2.40. The van der Waals surface area contributed by atoms with Crippen LogP contribution in [0.3, 0.4) is 0 Å². The number of ketones is 1. The summed E-state index contributed by atoms with van der Waals surface area (Å²) < 4.78 is 6.06. The third-order valence-electron chi connectivity index (χ3n) is 4.09. The van der Waals surface area contributed by atoms with Crippen LogP contribution in [-0.2, 0) is 9.22 Å². The van der Waals surface area contributed by atoms with Crippen LogP contribution >= 0.6 is 0 Å². The van der Waals surface area contributed by atoms with Crippen LogP contribution in [0.25, 0.3) is 0 Å². The fourth-order valence-corrected chi connectivity index (χ4v) is 3.08. The van der Waals surface area contributed by atoms with Gasteiger partial charge in [0.15, 0.2) is 14.1 Å². The van der Waals surface area contributed by atoms with Crippen LogP contribution in [0.4, 0.5) is 0 Å². The van der Waals surface area contributed by atoms with Crippen molar-refractivity contribution in [1.29, 1.82) is 0 Å². The lowest BCUT2D eigenvalue weighted by atomic mass is 10.0. The maximum atomic E-state index is 11.9. The van der Waals surface area contributed by atoms with E-state index in [2.05, 4.69) is 40.8 Å². The molecule has 0 saturated heterocycles. The van der Waals surface area contributed by atoms with Crippen molar-refractivity contribution in [2.45, 2.75) is 90.6 Å². The second kappa shape index (κ2) is 7.55. The first-order chi connectivity index (χ1) is 8.53. The van der Waals surface area contributed by atoms with Gasteiger partial charge in [-0.3, -0.25) is 4.79 Å². The summed E-state index contributed by atoms with van der Waals surface area (Å²) in [5.74, 6) is -0.0836. The van der Waals surface area contributed by atoms with Gasteiger partial charge < -0.3 is 9.53 Å². The van der Waals surface area contributed by atoms with E-state index in [1.807, 2.05) is 6.92 Å². The van der Waals surface area contributed by atoms with Crippen molar-refractivity contribution in [3.8, 4) is 0 Å². The summed E-state index contributed by atoms with van der Waals surface area (Å²) in [5.41, 5.74) is 0. The first kappa shape index (κ1) is 18.8. The highest BCUT2D eigenvalue weighted by Crippen LogP contribution is 2.37. The summed E-state index contributed by atoms with van der Waals surface area (Å²) in [5, 5.41) is 10.2. The van der Waals surface area contributed by atoms with Crippen LogP contribution < -0.4 is 0 Å². The third kappa shape index (κ3) is 6.19. The Morgan fingerprint density at radius 2 is 1.79 bits per heavy atom. The lowest BCUT2D eigenvalue weighted by molar-refractivity contribution is -0.131. The molecule has 0 heterocycles. The summed E-state index contributed by atoms with van der Waals surface area (Å²) in [6.07, 6.45) is 2.05. The average Bonchev–Trinajstić information content (AvgIpc) is 2.26. The molecular weight excluding hydrogens is 256 g/mol. The number of hydrogen-bond acceptors (Lipinski definition) is 3. The van der Waals surface area contributed by atoms with Crippen molar-refractivity contribution < 1.29 is 14.3 Å². The number of aliphatic hydroxyl groups is 1. The first-order valence-corrected chi connectivity index (χ1v) is 10.3. The molecule has 1 N–H and O–H groups in total. The fraction of sp³-hybridized carbons (Fsp3) is 0.933.